The van der Waals surface area contributed by atoms with E-state index in [9.17, 15) is 9.59 Å². The number of likely N-dealkylation sites (tertiary alicyclic amines) is 2. The molecule has 254 valence electrons. The van der Waals surface area contributed by atoms with Gasteiger partial charge in [-0.25, -0.2) is 9.97 Å². The van der Waals surface area contributed by atoms with Gasteiger partial charge in [0.1, 0.15) is 24.0 Å². The lowest BCUT2D eigenvalue weighted by Gasteiger charge is -2.29. The smallest absolute Gasteiger partial charge is 0.223 e. The van der Waals surface area contributed by atoms with Crippen LogP contribution in [-0.4, -0.2) is 53.6 Å². The molecule has 0 saturated carbocycles. The van der Waals surface area contributed by atoms with Crippen LogP contribution in [0.15, 0.2) is 48.7 Å². The summed E-state index contributed by atoms with van der Waals surface area (Å²) in [5.41, 5.74) is 7.27. The van der Waals surface area contributed by atoms with E-state index in [1.54, 1.807) is 0 Å². The number of fused-ring (bicyclic) bond motifs is 6. The molecule has 4 unspecified atom stereocenters. The number of benzene rings is 3. The first-order valence-electron chi connectivity index (χ1n) is 18.3. The van der Waals surface area contributed by atoms with E-state index in [4.69, 9.17) is 14.7 Å². The van der Waals surface area contributed by atoms with Crippen molar-refractivity contribution in [3.8, 4) is 28.1 Å². The van der Waals surface area contributed by atoms with Crippen molar-refractivity contribution >= 4 is 33.6 Å². The number of H-pyrrole nitrogens is 2. The predicted octanol–water partition coefficient (Wildman–Crippen LogP) is 8.76. The Balaban J connectivity index is 1.09. The van der Waals surface area contributed by atoms with E-state index in [2.05, 4.69) is 85.0 Å². The van der Waals surface area contributed by atoms with Crippen LogP contribution < -0.4 is 4.74 Å². The molecule has 3 aromatic carbocycles. The number of nitrogens with one attached hydrogen (secondary N) is 2. The van der Waals surface area contributed by atoms with Gasteiger partial charge in [0.15, 0.2) is 0 Å². The summed E-state index contributed by atoms with van der Waals surface area (Å²) in [4.78, 5) is 47.2. The molecule has 2 aromatic heterocycles. The molecule has 2 amide bonds. The lowest BCUT2D eigenvalue weighted by atomic mass is 9.92. The predicted molar refractivity (Wildman–Crippen MR) is 192 cm³/mol. The highest BCUT2D eigenvalue weighted by atomic mass is 16.5. The van der Waals surface area contributed by atoms with E-state index < -0.39 is 0 Å². The van der Waals surface area contributed by atoms with Crippen LogP contribution in [0.2, 0.25) is 0 Å². The average molecular weight is 659 g/mol. The average Bonchev–Trinajstić information content (AvgIpc) is 3.92. The topological polar surface area (TPSA) is 107 Å². The Kier molecular flexibility index (Phi) is 8.16. The normalized spacial score (nSPS) is 21.7. The summed E-state index contributed by atoms with van der Waals surface area (Å²) in [7, 11) is 0. The molecule has 3 aliphatic rings. The second kappa shape index (κ2) is 12.7. The Hall–Kier alpha value is -4.66. The molecule has 0 aliphatic carbocycles. The number of aromatic nitrogens is 4. The van der Waals surface area contributed by atoms with Gasteiger partial charge >= 0.3 is 0 Å². The number of aromatic amines is 2. The first-order chi connectivity index (χ1) is 23.9. The number of imidazole rings is 2. The highest BCUT2D eigenvalue weighted by Crippen LogP contribution is 2.44. The van der Waals surface area contributed by atoms with Gasteiger partial charge in [-0.05, 0) is 98.2 Å². The van der Waals surface area contributed by atoms with Crippen LogP contribution in [0.5, 0.6) is 5.75 Å². The number of carbonyl (C=O) groups excluding carboxylic acids is 2. The molecule has 5 aromatic rings. The fourth-order valence-corrected chi connectivity index (χ4v) is 8.57. The molecule has 2 fully saturated rings. The van der Waals surface area contributed by atoms with E-state index in [-0.39, 0.29) is 36.0 Å². The Bertz CT molecular complexity index is 2060. The van der Waals surface area contributed by atoms with Crippen molar-refractivity contribution in [2.75, 3.05) is 0 Å². The Morgan fingerprint density at radius 1 is 0.857 bits per heavy atom. The molecular formula is C40H46N6O3. The molecule has 0 radical (unpaired) electrons. The number of rotatable bonds is 8. The van der Waals surface area contributed by atoms with Crippen LogP contribution in [0.25, 0.3) is 44.2 Å². The van der Waals surface area contributed by atoms with E-state index in [0.717, 1.165) is 112 Å². The lowest BCUT2D eigenvalue weighted by molar-refractivity contribution is -0.135. The van der Waals surface area contributed by atoms with Crippen LogP contribution >= 0.6 is 0 Å². The number of carbonyl (C=O) groups is 2. The molecule has 4 atom stereocenters. The third-order valence-electron chi connectivity index (χ3n) is 11.0. The summed E-state index contributed by atoms with van der Waals surface area (Å²) in [6.45, 7) is 8.90. The first kappa shape index (κ1) is 31.6. The maximum absolute atomic E-state index is 13.2. The SMILES string of the molecule is CCCC(=O)N1C(C)CCC1c1ncc(-c2ccc3c(c2)COc2cc4c(ccc5[nH]c(C6CCC(CC)N6C(=O)CCC)nc54)cc2-3)[nH]1. The zero-order valence-corrected chi connectivity index (χ0v) is 29.0. The fourth-order valence-electron chi connectivity index (χ4n) is 8.57. The van der Waals surface area contributed by atoms with Crippen molar-refractivity contribution in [1.29, 1.82) is 0 Å². The maximum atomic E-state index is 13.2. The Labute approximate surface area is 287 Å². The molecule has 0 spiro atoms. The van der Waals surface area contributed by atoms with Gasteiger partial charge in [0, 0.05) is 35.9 Å². The molecule has 5 heterocycles. The van der Waals surface area contributed by atoms with Crippen LogP contribution in [0.4, 0.5) is 0 Å². The summed E-state index contributed by atoms with van der Waals surface area (Å²) < 4.78 is 6.41. The molecule has 9 heteroatoms. The van der Waals surface area contributed by atoms with E-state index >= 15 is 0 Å². The molecule has 2 N–H and O–H groups in total. The second-order valence-electron chi connectivity index (χ2n) is 14.2. The van der Waals surface area contributed by atoms with Gasteiger partial charge in [0.2, 0.25) is 11.8 Å². The van der Waals surface area contributed by atoms with Gasteiger partial charge in [-0.1, -0.05) is 39.0 Å². The molecular weight excluding hydrogens is 612 g/mol. The summed E-state index contributed by atoms with van der Waals surface area (Å²) >= 11 is 0. The van der Waals surface area contributed by atoms with Crippen molar-refractivity contribution in [3.63, 3.8) is 0 Å². The number of hydrogen-bond donors (Lipinski definition) is 2. The minimum atomic E-state index is -0.0171. The van der Waals surface area contributed by atoms with Gasteiger partial charge in [0.05, 0.1) is 35.0 Å². The van der Waals surface area contributed by atoms with Crippen molar-refractivity contribution in [3.05, 3.63) is 65.9 Å². The van der Waals surface area contributed by atoms with E-state index in [0.29, 0.717) is 19.4 Å². The molecule has 49 heavy (non-hydrogen) atoms. The molecule has 2 saturated heterocycles. The van der Waals surface area contributed by atoms with Crippen molar-refractivity contribution < 1.29 is 14.3 Å². The molecule has 8 rings (SSSR count). The van der Waals surface area contributed by atoms with Crippen molar-refractivity contribution in [2.24, 2.45) is 0 Å². The van der Waals surface area contributed by atoms with Crippen LogP contribution in [0.1, 0.15) is 115 Å². The van der Waals surface area contributed by atoms with Crippen LogP contribution in [0.3, 0.4) is 0 Å². The number of amides is 2. The Morgan fingerprint density at radius 2 is 1.63 bits per heavy atom. The monoisotopic (exact) mass is 658 g/mol. The first-order valence-corrected chi connectivity index (χ1v) is 18.3. The fraction of sp³-hybridized carbons (Fsp3) is 0.450. The third-order valence-corrected chi connectivity index (χ3v) is 11.0. The van der Waals surface area contributed by atoms with Gasteiger partial charge in [-0.15, -0.1) is 0 Å². The van der Waals surface area contributed by atoms with Gasteiger partial charge in [0.25, 0.3) is 0 Å². The summed E-state index contributed by atoms with van der Waals surface area (Å²) in [5.74, 6) is 3.04. The zero-order chi connectivity index (χ0) is 33.8. The minimum Gasteiger partial charge on any atom is -0.488 e. The maximum Gasteiger partial charge on any atom is 0.223 e. The summed E-state index contributed by atoms with van der Waals surface area (Å²) in [6.07, 6.45) is 9.56. The third kappa shape index (κ3) is 5.38. The quantitative estimate of drug-likeness (QED) is 0.173. The lowest BCUT2D eigenvalue weighted by Crippen LogP contribution is -2.37. The van der Waals surface area contributed by atoms with Gasteiger partial charge in [-0.3, -0.25) is 9.59 Å². The van der Waals surface area contributed by atoms with E-state index in [1.807, 2.05) is 11.1 Å². The standard InChI is InChI=1S/C40H46N6O3/c1-5-8-36(47)45-23(4)10-16-33(45)39-41-21-32(43-39)25-11-14-28-26(18-25)22-49-35-20-29-24(19-30(28)35)12-15-31-38(29)44-40(42-31)34-17-13-27(7-3)46(34)37(48)9-6-2/h11-12,14-15,18-21,23,27,33-34H,5-10,13,16-17,22H2,1-4H3,(H,41,43)(H,42,44). The van der Waals surface area contributed by atoms with Crippen molar-refractivity contribution in [2.45, 2.75) is 116 Å². The number of hydrogen-bond acceptors (Lipinski definition) is 5. The second-order valence-corrected chi connectivity index (χ2v) is 14.2. The Morgan fingerprint density at radius 3 is 2.43 bits per heavy atom. The number of nitrogens with zero attached hydrogens (tertiary/aromatic N) is 4. The largest absolute Gasteiger partial charge is 0.488 e. The van der Waals surface area contributed by atoms with Gasteiger partial charge < -0.3 is 24.5 Å². The summed E-state index contributed by atoms with van der Waals surface area (Å²) in [6, 6.07) is 15.6. The van der Waals surface area contributed by atoms with Crippen LogP contribution in [-0.2, 0) is 16.2 Å². The zero-order valence-electron chi connectivity index (χ0n) is 29.0. The van der Waals surface area contributed by atoms with Crippen molar-refractivity contribution in [1.82, 2.24) is 29.7 Å². The molecule has 0 bridgehead atoms. The highest BCUT2D eigenvalue weighted by Gasteiger charge is 2.38. The summed E-state index contributed by atoms with van der Waals surface area (Å²) in [5, 5.41) is 2.15. The van der Waals surface area contributed by atoms with Crippen LogP contribution in [0, 0.1) is 0 Å². The number of ether oxygens (including phenoxy) is 1. The highest BCUT2D eigenvalue weighted by molar-refractivity contribution is 6.07. The minimum absolute atomic E-state index is 0.00473. The molecule has 9 nitrogen and oxygen atoms in total. The van der Waals surface area contributed by atoms with Gasteiger partial charge in [-0.2, -0.15) is 0 Å². The van der Waals surface area contributed by atoms with E-state index in [1.165, 1.54) is 0 Å². The molecule has 3 aliphatic heterocycles.